The molecule has 0 unspecified atom stereocenters. The molecule has 236 valence electrons. The Hall–Kier alpha value is -3.27. The number of fused-ring (bicyclic) bond motifs is 1. The van der Waals surface area contributed by atoms with Gasteiger partial charge in [0.15, 0.2) is 0 Å². The summed E-state index contributed by atoms with van der Waals surface area (Å²) in [6.45, 7) is 3.88. The third kappa shape index (κ3) is 7.68. The SMILES string of the molecule is CC(C)C1=C([C@H](O)CC/C(=C/c2cc(Br)ccc2O)c2ccccc2)[C@H](CO)[C@@H]2C(=O)N(CCCCCC(=O)O)C(=O)[C@@H]2C1. The minimum atomic E-state index is -0.943. The number of phenolic OH excluding ortho intramolecular Hbond substituents is 1. The maximum absolute atomic E-state index is 13.6. The molecule has 0 spiro atoms. The minimum Gasteiger partial charge on any atom is -0.507 e. The number of hydrogen-bond donors (Lipinski definition) is 4. The third-order valence-corrected chi connectivity index (χ3v) is 9.38. The van der Waals surface area contributed by atoms with Crippen molar-refractivity contribution in [1.82, 2.24) is 4.90 Å². The molecule has 0 saturated carbocycles. The molecule has 4 N–H and O–H groups in total. The Balaban J connectivity index is 1.58. The molecule has 2 aromatic rings. The summed E-state index contributed by atoms with van der Waals surface area (Å²) >= 11 is 3.47. The molecule has 44 heavy (non-hydrogen) atoms. The van der Waals surface area contributed by atoms with E-state index in [1.54, 1.807) is 12.1 Å². The normalized spacial score (nSPS) is 21.3. The summed E-state index contributed by atoms with van der Waals surface area (Å²) in [5.41, 5.74) is 4.08. The van der Waals surface area contributed by atoms with Gasteiger partial charge in [0.2, 0.25) is 11.8 Å². The summed E-state index contributed by atoms with van der Waals surface area (Å²) in [7, 11) is 0. The van der Waals surface area contributed by atoms with Gasteiger partial charge in [0.25, 0.3) is 0 Å². The van der Waals surface area contributed by atoms with Crippen molar-refractivity contribution in [3.8, 4) is 5.75 Å². The fraction of sp³-hybridized carbons (Fsp3) is 0.457. The summed E-state index contributed by atoms with van der Waals surface area (Å²) in [6, 6.07) is 15.0. The molecule has 1 saturated heterocycles. The zero-order valence-corrected chi connectivity index (χ0v) is 26.9. The van der Waals surface area contributed by atoms with E-state index in [4.69, 9.17) is 5.11 Å². The Kier molecular flexibility index (Phi) is 11.6. The van der Waals surface area contributed by atoms with Gasteiger partial charge in [-0.1, -0.05) is 72.1 Å². The molecule has 0 aromatic heterocycles. The number of halogens is 1. The van der Waals surface area contributed by atoms with E-state index < -0.39 is 29.8 Å². The van der Waals surface area contributed by atoms with Gasteiger partial charge in [-0.15, -0.1) is 0 Å². The first kappa shape index (κ1) is 33.6. The van der Waals surface area contributed by atoms with E-state index in [0.717, 1.165) is 21.2 Å². The molecule has 1 aliphatic carbocycles. The maximum Gasteiger partial charge on any atom is 0.303 e. The topological polar surface area (TPSA) is 135 Å². The van der Waals surface area contributed by atoms with Crippen molar-refractivity contribution in [3.63, 3.8) is 0 Å². The highest BCUT2D eigenvalue weighted by Crippen LogP contribution is 2.48. The van der Waals surface area contributed by atoms with Crippen LogP contribution in [0, 0.1) is 23.7 Å². The number of aliphatic hydroxyl groups is 2. The van der Waals surface area contributed by atoms with Crippen molar-refractivity contribution in [3.05, 3.63) is 75.3 Å². The van der Waals surface area contributed by atoms with E-state index in [1.807, 2.05) is 56.3 Å². The number of aromatic hydroxyl groups is 1. The summed E-state index contributed by atoms with van der Waals surface area (Å²) in [5, 5.41) is 41.7. The number of rotatable bonds is 14. The summed E-state index contributed by atoms with van der Waals surface area (Å²) in [6.07, 6.45) is 3.76. The van der Waals surface area contributed by atoms with Crippen LogP contribution in [0.25, 0.3) is 11.6 Å². The summed E-state index contributed by atoms with van der Waals surface area (Å²) < 4.78 is 0.827. The number of benzene rings is 2. The van der Waals surface area contributed by atoms with Crippen LogP contribution in [0.3, 0.4) is 0 Å². The van der Waals surface area contributed by atoms with Crippen LogP contribution >= 0.6 is 15.9 Å². The van der Waals surface area contributed by atoms with Crippen LogP contribution in [-0.4, -0.2) is 62.4 Å². The second-order valence-corrected chi connectivity index (χ2v) is 13.0. The number of carboxylic acid groups (broad SMARTS) is 1. The number of carbonyl (C=O) groups excluding carboxylic acids is 2. The molecule has 4 rings (SSSR count). The molecule has 1 heterocycles. The fourth-order valence-electron chi connectivity index (χ4n) is 6.68. The predicted molar refractivity (Wildman–Crippen MR) is 172 cm³/mol. The van der Waals surface area contributed by atoms with Gasteiger partial charge in [-0.3, -0.25) is 19.3 Å². The molecule has 1 aliphatic heterocycles. The predicted octanol–water partition coefficient (Wildman–Crippen LogP) is 6.05. The van der Waals surface area contributed by atoms with E-state index in [2.05, 4.69) is 15.9 Å². The Bertz CT molecular complexity index is 1420. The Labute approximate surface area is 267 Å². The highest BCUT2D eigenvalue weighted by molar-refractivity contribution is 9.10. The average molecular weight is 669 g/mol. The first-order valence-corrected chi connectivity index (χ1v) is 16.2. The highest BCUT2D eigenvalue weighted by Gasteiger charge is 2.54. The van der Waals surface area contributed by atoms with Gasteiger partial charge >= 0.3 is 5.97 Å². The number of carbonyl (C=O) groups is 3. The van der Waals surface area contributed by atoms with Crippen LogP contribution in [0.1, 0.15) is 69.9 Å². The average Bonchev–Trinajstić information content (AvgIpc) is 3.24. The molecule has 2 amide bonds. The van der Waals surface area contributed by atoms with Crippen molar-refractivity contribution in [2.75, 3.05) is 13.2 Å². The van der Waals surface area contributed by atoms with Gasteiger partial charge in [-0.25, -0.2) is 0 Å². The van der Waals surface area contributed by atoms with Gasteiger partial charge in [0.05, 0.1) is 24.5 Å². The lowest BCUT2D eigenvalue weighted by atomic mass is 9.66. The Morgan fingerprint density at radius 2 is 1.77 bits per heavy atom. The zero-order chi connectivity index (χ0) is 32.0. The number of likely N-dealkylation sites (tertiary alicyclic amines) is 1. The van der Waals surface area contributed by atoms with Crippen LogP contribution in [0.4, 0.5) is 0 Å². The lowest BCUT2D eigenvalue weighted by Gasteiger charge is -2.38. The Morgan fingerprint density at radius 1 is 1.05 bits per heavy atom. The van der Waals surface area contributed by atoms with Gasteiger partial charge in [-0.2, -0.15) is 0 Å². The molecular weight excluding hydrogens is 626 g/mol. The number of aliphatic carboxylic acids is 1. The van der Waals surface area contributed by atoms with Gasteiger partial charge in [-0.05, 0) is 79.0 Å². The van der Waals surface area contributed by atoms with Gasteiger partial charge in [0.1, 0.15) is 5.75 Å². The third-order valence-electron chi connectivity index (χ3n) is 8.89. The van der Waals surface area contributed by atoms with Gasteiger partial charge in [0, 0.05) is 28.9 Å². The number of amides is 2. The van der Waals surface area contributed by atoms with E-state index in [-0.39, 0.29) is 43.1 Å². The molecule has 0 bridgehead atoms. The molecular formula is C35H42BrNO7. The lowest BCUT2D eigenvalue weighted by Crippen LogP contribution is -2.40. The van der Waals surface area contributed by atoms with Gasteiger partial charge < -0.3 is 20.4 Å². The standard InChI is InChI=1S/C35H42BrNO7/c1-21(2)26-19-27-33(35(44)37(34(27)43)16-8-4-7-11-31(41)42)28(20-38)32(26)30(40)14-12-23(22-9-5-3-6-10-22)17-24-18-25(36)13-15-29(24)39/h3,5-6,9-10,13,15,17-18,21,27-28,30,33,38-40H,4,7-8,11-12,14,16,19-20H2,1-2H3,(H,41,42)/b23-17-/t27-,28+,30-,33-/m1/s1. The second-order valence-electron chi connectivity index (χ2n) is 12.1. The summed E-state index contributed by atoms with van der Waals surface area (Å²) in [4.78, 5) is 39.1. The van der Waals surface area contributed by atoms with E-state index >= 15 is 0 Å². The molecule has 4 atom stereocenters. The van der Waals surface area contributed by atoms with E-state index in [9.17, 15) is 29.7 Å². The van der Waals surface area contributed by atoms with Crippen molar-refractivity contribution in [2.24, 2.45) is 23.7 Å². The number of phenols is 1. The molecule has 1 fully saturated rings. The highest BCUT2D eigenvalue weighted by atomic mass is 79.9. The smallest absolute Gasteiger partial charge is 0.303 e. The number of carboxylic acids is 1. The van der Waals surface area contributed by atoms with Crippen molar-refractivity contribution in [1.29, 1.82) is 0 Å². The van der Waals surface area contributed by atoms with Crippen LogP contribution in [0.15, 0.2) is 64.1 Å². The largest absolute Gasteiger partial charge is 0.507 e. The maximum atomic E-state index is 13.6. The minimum absolute atomic E-state index is 0.00497. The quantitative estimate of drug-likeness (QED) is 0.0834. The molecule has 0 radical (unpaired) electrons. The number of unbranched alkanes of at least 4 members (excludes halogenated alkanes) is 2. The van der Waals surface area contributed by atoms with E-state index in [0.29, 0.717) is 49.7 Å². The number of nitrogens with zero attached hydrogens (tertiary/aromatic N) is 1. The number of allylic oxidation sites excluding steroid dienone is 2. The lowest BCUT2D eigenvalue weighted by molar-refractivity contribution is -0.141. The number of aliphatic hydroxyl groups excluding tert-OH is 2. The summed E-state index contributed by atoms with van der Waals surface area (Å²) in [5.74, 6) is -3.27. The van der Waals surface area contributed by atoms with Crippen molar-refractivity contribution < 1.29 is 34.8 Å². The van der Waals surface area contributed by atoms with Crippen LogP contribution in [-0.2, 0) is 14.4 Å². The van der Waals surface area contributed by atoms with Crippen molar-refractivity contribution in [2.45, 2.75) is 64.9 Å². The van der Waals surface area contributed by atoms with E-state index in [1.165, 1.54) is 4.90 Å². The first-order valence-electron chi connectivity index (χ1n) is 15.4. The second kappa shape index (κ2) is 15.1. The molecule has 2 aromatic carbocycles. The zero-order valence-electron chi connectivity index (χ0n) is 25.3. The van der Waals surface area contributed by atoms with Crippen LogP contribution < -0.4 is 0 Å². The van der Waals surface area contributed by atoms with Crippen LogP contribution in [0.5, 0.6) is 5.75 Å². The van der Waals surface area contributed by atoms with Crippen LogP contribution in [0.2, 0.25) is 0 Å². The number of imide groups is 1. The number of hydrogen-bond acceptors (Lipinski definition) is 6. The molecule has 2 aliphatic rings. The van der Waals surface area contributed by atoms with Crippen molar-refractivity contribution >= 4 is 45.4 Å². The first-order chi connectivity index (χ1) is 21.0. The fourth-order valence-corrected chi connectivity index (χ4v) is 7.06. The Morgan fingerprint density at radius 3 is 2.43 bits per heavy atom. The monoisotopic (exact) mass is 667 g/mol. The molecule has 9 heteroatoms. The molecule has 8 nitrogen and oxygen atoms in total.